The SMILES string of the molecule is CC(=O)C=[N+]=[N-].[CH]12[CH]3[CH]4[CH]5[CH]1[Fe]23451678[CH]2[CH]1[CH]6[CH]7[CH]28. The van der Waals surface area contributed by atoms with Crippen LogP contribution < -0.4 is 0 Å². The minimum absolute atomic E-state index is 0.252. The molecule has 0 amide bonds. The van der Waals surface area contributed by atoms with E-state index in [0.717, 1.165) is 6.21 Å². The molecule has 3 nitrogen and oxygen atoms in total. The molecule has 1 spiro atoms. The van der Waals surface area contributed by atoms with Gasteiger partial charge in [0.25, 0.3) is 0 Å². The zero-order valence-corrected chi connectivity index (χ0v) is 10.6. The first-order valence-electron chi connectivity index (χ1n) is 6.83. The summed E-state index contributed by atoms with van der Waals surface area (Å²) in [5.41, 5.74) is 7.59. The Bertz CT molecular complexity index is 791. The molecule has 0 atom stereocenters. The normalized spacial score (nSPS) is 113. The van der Waals surface area contributed by atoms with Crippen LogP contribution >= 0.6 is 0 Å². The summed E-state index contributed by atoms with van der Waals surface area (Å²) in [5.74, 6) is -0.252. The maximum absolute atomic E-state index is 9.73. The van der Waals surface area contributed by atoms with Crippen LogP contribution in [0.1, 0.15) is 6.92 Å². The van der Waals surface area contributed by atoms with Crippen molar-refractivity contribution >= 4 is 12.0 Å². The maximum atomic E-state index is 9.73. The zero-order chi connectivity index (χ0) is 11.1. The Morgan fingerprint density at radius 1 is 0.941 bits per heavy atom. The molecule has 0 aromatic heterocycles. The number of hydrogen-bond donors (Lipinski definition) is 0. The van der Waals surface area contributed by atoms with Gasteiger partial charge < -0.3 is 5.53 Å². The number of fused-ring (bicyclic) bond motifs is 10. The second-order valence-electron chi connectivity index (χ2n) is 10.4. The molecule has 10 rings (SSSR count). The van der Waals surface area contributed by atoms with E-state index in [1.54, 1.807) is 48.2 Å². The molecule has 10 aliphatic heterocycles. The third-order valence-corrected chi connectivity index (χ3v) is 56.7. The van der Waals surface area contributed by atoms with Crippen molar-refractivity contribution in [1.82, 2.24) is 0 Å². The molecule has 0 aliphatic carbocycles. The average Bonchev–Trinajstić information content (AvgIpc) is 3.24. The molecule has 10 fully saturated rings. The summed E-state index contributed by atoms with van der Waals surface area (Å²) in [6.45, 7) is -0.978. The van der Waals surface area contributed by atoms with Gasteiger partial charge >= 0.3 is 60.9 Å². The van der Waals surface area contributed by atoms with Crippen LogP contribution in [0.5, 0.6) is 0 Å². The number of Topliss-reactive ketones (excluding diaryl/α,β-unsaturated/α-hetero) is 1. The van der Waals surface area contributed by atoms with Crippen molar-refractivity contribution in [3.8, 4) is 0 Å². The van der Waals surface area contributed by atoms with Crippen molar-refractivity contribution < 1.29 is 16.1 Å². The van der Waals surface area contributed by atoms with E-state index >= 15 is 0 Å². The fourth-order valence-electron chi connectivity index (χ4n) is 15.9. The predicted molar refractivity (Wildman–Crippen MR) is 57.9 cm³/mol. The summed E-state index contributed by atoms with van der Waals surface area (Å²) in [7, 11) is 0. The monoisotopic (exact) mass is 270 g/mol. The van der Waals surface area contributed by atoms with Gasteiger partial charge in [0, 0.05) is 6.92 Å². The van der Waals surface area contributed by atoms with Crippen LogP contribution in [0.3, 0.4) is 0 Å². The van der Waals surface area contributed by atoms with E-state index in [9.17, 15) is 4.79 Å². The van der Waals surface area contributed by atoms with E-state index in [2.05, 4.69) is 4.79 Å². The molecule has 10 saturated heterocycles. The molecule has 90 valence electrons. The van der Waals surface area contributed by atoms with Gasteiger partial charge in [0.2, 0.25) is 5.78 Å². The Morgan fingerprint density at radius 3 is 1.24 bits per heavy atom. The predicted octanol–water partition coefficient (Wildman–Crippen LogP) is 3.25. The number of carbonyl (C=O) groups is 1. The molecule has 10 aliphatic rings. The number of nitrogens with zero attached hydrogens (tertiary/aromatic N) is 2. The minimum atomic E-state index is -2.28. The first-order chi connectivity index (χ1) is 7.93. The molecule has 0 N–H and O–H groups in total. The molecule has 0 bridgehead atoms. The summed E-state index contributed by atoms with van der Waals surface area (Å²) < 4.78 is 0. The van der Waals surface area contributed by atoms with Gasteiger partial charge in [0.1, 0.15) is 0 Å². The van der Waals surface area contributed by atoms with Gasteiger partial charge in [-0.1, -0.05) is 0 Å². The second-order valence-corrected chi connectivity index (χ2v) is 34.4. The molecule has 0 unspecified atom stereocenters. The number of carbonyl (C=O) groups excluding carboxylic acids is 1. The van der Waals surface area contributed by atoms with Crippen molar-refractivity contribution in [3.05, 3.63) is 5.53 Å². The van der Waals surface area contributed by atoms with Crippen molar-refractivity contribution in [1.29, 1.82) is 0 Å². The standard InChI is InChI=1S/2C5H5.C3H4N2O.Fe/c2*1-2-4-5-3-1;1-3(6)2-5-4;/h2*1-5H;2H,1H3;. The Morgan fingerprint density at radius 2 is 1.24 bits per heavy atom. The number of hydrogen-bond acceptors (Lipinski definition) is 1. The van der Waals surface area contributed by atoms with E-state index in [0.29, 0.717) is 0 Å². The fourth-order valence-corrected chi connectivity index (χ4v) is 88.1. The Balaban J connectivity index is 0.0000000947. The molecule has 0 radical (unpaired) electrons. The van der Waals surface area contributed by atoms with Gasteiger partial charge in [0.05, 0.1) is 0 Å². The topological polar surface area (TPSA) is 53.5 Å². The molecule has 17 heavy (non-hydrogen) atoms. The molecule has 10 heterocycles. The summed E-state index contributed by atoms with van der Waals surface area (Å²) >= 11 is 0. The Hall–Kier alpha value is -0.431. The average molecular weight is 270 g/mol. The van der Waals surface area contributed by atoms with Crippen LogP contribution in [0.2, 0.25) is 48.2 Å². The Kier molecular flexibility index (Phi) is 0.204. The van der Waals surface area contributed by atoms with E-state index in [-0.39, 0.29) is 5.78 Å². The van der Waals surface area contributed by atoms with Crippen LogP contribution in [0.4, 0.5) is 0 Å². The molecular formula is C13H14FeN2O. The van der Waals surface area contributed by atoms with Crippen LogP contribution in [0.15, 0.2) is 0 Å². The second kappa shape index (κ2) is 0.522. The van der Waals surface area contributed by atoms with Crippen molar-refractivity contribution in [2.75, 3.05) is 0 Å². The van der Waals surface area contributed by atoms with E-state index in [1.807, 2.05) is 0 Å². The van der Waals surface area contributed by atoms with Gasteiger partial charge in [-0.2, -0.15) is 4.79 Å². The summed E-state index contributed by atoms with van der Waals surface area (Å²) in [5, 5.41) is 0. The fraction of sp³-hybridized carbons (Fsp3) is 0.846. The molecular weight excluding hydrogens is 256 g/mol. The van der Waals surface area contributed by atoms with Crippen LogP contribution in [-0.4, -0.2) is 16.8 Å². The van der Waals surface area contributed by atoms with Crippen molar-refractivity contribution in [2.45, 2.75) is 55.1 Å². The van der Waals surface area contributed by atoms with Gasteiger partial charge in [0.15, 0.2) is 0 Å². The number of rotatable bonds is 1. The van der Waals surface area contributed by atoms with Gasteiger partial charge in [-0.3, -0.25) is 4.79 Å². The first kappa shape index (κ1) is 6.65. The van der Waals surface area contributed by atoms with Crippen molar-refractivity contribution in [2.24, 2.45) is 0 Å². The van der Waals surface area contributed by atoms with Crippen LogP contribution in [0, 0.1) is 0 Å². The van der Waals surface area contributed by atoms with Gasteiger partial charge in [-0.05, 0) is 0 Å². The summed E-state index contributed by atoms with van der Waals surface area (Å²) in [6, 6.07) is 0. The third-order valence-electron chi connectivity index (χ3n) is 14.8. The zero-order valence-electron chi connectivity index (χ0n) is 9.51. The molecule has 4 heteroatoms. The van der Waals surface area contributed by atoms with Gasteiger partial charge in [-0.25, -0.2) is 0 Å². The van der Waals surface area contributed by atoms with E-state index in [1.165, 1.54) is 6.92 Å². The van der Waals surface area contributed by atoms with Gasteiger partial charge in [-0.15, -0.1) is 0 Å². The first-order valence-corrected chi connectivity index (χ1v) is 13.2. The molecule has 0 aromatic carbocycles. The van der Waals surface area contributed by atoms with E-state index < -0.39 is 6.51 Å². The summed E-state index contributed by atoms with van der Waals surface area (Å²) in [4.78, 5) is 28.1. The molecule has 0 aromatic rings. The Labute approximate surface area is 88.9 Å². The third kappa shape index (κ3) is 0.0699. The summed E-state index contributed by atoms with van der Waals surface area (Å²) in [6.07, 6.45) is 0.833. The van der Waals surface area contributed by atoms with Crippen LogP contribution in [0.25, 0.3) is 5.53 Å². The molecule has 0 saturated carbocycles. The van der Waals surface area contributed by atoms with Crippen LogP contribution in [-0.2, 0) is 11.3 Å². The van der Waals surface area contributed by atoms with E-state index in [4.69, 9.17) is 5.53 Å². The van der Waals surface area contributed by atoms with Crippen molar-refractivity contribution in [3.63, 3.8) is 0 Å². The number of ketones is 1. The quantitative estimate of drug-likeness (QED) is 0.312.